The van der Waals surface area contributed by atoms with Crippen molar-refractivity contribution >= 4 is 0 Å². The average molecular weight is 216 g/mol. The van der Waals surface area contributed by atoms with E-state index in [1.54, 1.807) is 4.68 Å². The highest BCUT2D eigenvalue weighted by molar-refractivity contribution is 5.67. The molecule has 2 aromatic rings. The van der Waals surface area contributed by atoms with Crippen LogP contribution < -0.4 is 0 Å². The van der Waals surface area contributed by atoms with Crippen molar-refractivity contribution in [3.05, 3.63) is 36.0 Å². The lowest BCUT2D eigenvalue weighted by Gasteiger charge is -2.01. The number of benzene rings is 1. The van der Waals surface area contributed by atoms with Gasteiger partial charge in [-0.25, -0.2) is 0 Å². The van der Waals surface area contributed by atoms with Crippen molar-refractivity contribution in [1.29, 1.82) is 0 Å². The molecule has 0 saturated heterocycles. The second-order valence-electron chi connectivity index (χ2n) is 3.88. The summed E-state index contributed by atoms with van der Waals surface area (Å²) in [5.74, 6) is 0.315. The van der Waals surface area contributed by atoms with Crippen LogP contribution in [0.1, 0.15) is 19.0 Å². The van der Waals surface area contributed by atoms with E-state index in [1.165, 1.54) is 0 Å². The number of nitrogens with zero attached hydrogens (tertiary/aromatic N) is 2. The minimum absolute atomic E-state index is 0.315. The summed E-state index contributed by atoms with van der Waals surface area (Å²) in [6.07, 6.45) is 1.80. The van der Waals surface area contributed by atoms with Crippen LogP contribution >= 0.6 is 0 Å². The maximum Gasteiger partial charge on any atom is 0.164 e. The molecule has 1 heterocycles. The van der Waals surface area contributed by atoms with Gasteiger partial charge < -0.3 is 5.11 Å². The molecule has 0 atom stereocenters. The second kappa shape index (κ2) is 4.39. The highest BCUT2D eigenvalue weighted by Gasteiger charge is 2.15. The van der Waals surface area contributed by atoms with Gasteiger partial charge in [0.05, 0.1) is 0 Å². The van der Waals surface area contributed by atoms with Crippen molar-refractivity contribution in [1.82, 2.24) is 9.78 Å². The topological polar surface area (TPSA) is 38.0 Å². The smallest absolute Gasteiger partial charge is 0.164 e. The molecule has 1 N–H and O–H groups in total. The summed E-state index contributed by atoms with van der Waals surface area (Å²) in [5, 5.41) is 14.5. The van der Waals surface area contributed by atoms with Crippen LogP contribution in [0.4, 0.5) is 0 Å². The lowest BCUT2D eigenvalue weighted by Crippen LogP contribution is -1.94. The summed E-state index contributed by atoms with van der Waals surface area (Å²) in [5.41, 5.74) is 2.57. The molecule has 0 radical (unpaired) electrons. The van der Waals surface area contributed by atoms with Crippen molar-refractivity contribution < 1.29 is 5.11 Å². The van der Waals surface area contributed by atoms with Crippen LogP contribution in [-0.4, -0.2) is 14.9 Å². The van der Waals surface area contributed by atoms with Gasteiger partial charge >= 0.3 is 0 Å². The molecule has 2 rings (SSSR count). The number of rotatable bonds is 3. The Kier molecular flexibility index (Phi) is 2.95. The van der Waals surface area contributed by atoms with Crippen LogP contribution in [0.15, 0.2) is 30.3 Å². The SMILES string of the molecule is CCCc1nn(C)c(-c2ccccc2)c1O. The average Bonchev–Trinajstić information content (AvgIpc) is 2.56. The van der Waals surface area contributed by atoms with E-state index in [9.17, 15) is 5.11 Å². The molecule has 84 valence electrons. The third-order valence-electron chi connectivity index (χ3n) is 2.63. The summed E-state index contributed by atoms with van der Waals surface area (Å²) in [4.78, 5) is 0. The molecule has 0 aliphatic heterocycles. The van der Waals surface area contributed by atoms with Gasteiger partial charge in [0.2, 0.25) is 0 Å². The Morgan fingerprint density at radius 1 is 1.25 bits per heavy atom. The fourth-order valence-corrected chi connectivity index (χ4v) is 1.89. The number of aryl methyl sites for hydroxylation is 2. The van der Waals surface area contributed by atoms with Gasteiger partial charge in [-0.3, -0.25) is 4.68 Å². The fourth-order valence-electron chi connectivity index (χ4n) is 1.89. The summed E-state index contributed by atoms with van der Waals surface area (Å²) < 4.78 is 1.75. The van der Waals surface area contributed by atoms with Gasteiger partial charge in [0.25, 0.3) is 0 Å². The van der Waals surface area contributed by atoms with Crippen LogP contribution in [0.3, 0.4) is 0 Å². The van der Waals surface area contributed by atoms with Gasteiger partial charge in [0.1, 0.15) is 11.4 Å². The molecule has 0 fully saturated rings. The third-order valence-corrected chi connectivity index (χ3v) is 2.63. The summed E-state index contributed by atoms with van der Waals surface area (Å²) >= 11 is 0. The van der Waals surface area contributed by atoms with Crippen LogP contribution in [0.5, 0.6) is 5.75 Å². The summed E-state index contributed by atoms with van der Waals surface area (Å²) in [6.45, 7) is 2.08. The van der Waals surface area contributed by atoms with E-state index >= 15 is 0 Å². The van der Waals surface area contributed by atoms with E-state index in [4.69, 9.17) is 0 Å². The van der Waals surface area contributed by atoms with Gasteiger partial charge in [-0.15, -0.1) is 0 Å². The summed E-state index contributed by atoms with van der Waals surface area (Å²) in [6, 6.07) is 9.84. The van der Waals surface area contributed by atoms with Crippen molar-refractivity contribution in [2.45, 2.75) is 19.8 Å². The van der Waals surface area contributed by atoms with Crippen molar-refractivity contribution in [2.75, 3.05) is 0 Å². The molecular weight excluding hydrogens is 200 g/mol. The number of aromatic hydroxyl groups is 1. The zero-order chi connectivity index (χ0) is 11.5. The van der Waals surface area contributed by atoms with E-state index in [1.807, 2.05) is 37.4 Å². The van der Waals surface area contributed by atoms with E-state index in [0.29, 0.717) is 5.75 Å². The van der Waals surface area contributed by atoms with Gasteiger partial charge in [-0.05, 0) is 6.42 Å². The Labute approximate surface area is 95.3 Å². The van der Waals surface area contributed by atoms with Gasteiger partial charge in [-0.2, -0.15) is 5.10 Å². The largest absolute Gasteiger partial charge is 0.504 e. The van der Waals surface area contributed by atoms with Gasteiger partial charge in [0, 0.05) is 12.6 Å². The predicted molar refractivity (Wildman–Crippen MR) is 64.3 cm³/mol. The van der Waals surface area contributed by atoms with E-state index in [0.717, 1.165) is 29.8 Å². The minimum atomic E-state index is 0.315. The zero-order valence-corrected chi connectivity index (χ0v) is 9.64. The van der Waals surface area contributed by atoms with Crippen LogP contribution in [0, 0.1) is 0 Å². The van der Waals surface area contributed by atoms with Crippen molar-refractivity contribution in [3.63, 3.8) is 0 Å². The Morgan fingerprint density at radius 3 is 2.56 bits per heavy atom. The molecule has 0 amide bonds. The Balaban J connectivity index is 2.49. The molecule has 1 aromatic carbocycles. The first-order chi connectivity index (χ1) is 7.74. The fraction of sp³-hybridized carbons (Fsp3) is 0.308. The first kappa shape index (κ1) is 10.7. The Bertz CT molecular complexity index is 474. The monoisotopic (exact) mass is 216 g/mol. The molecule has 3 nitrogen and oxygen atoms in total. The van der Waals surface area contributed by atoms with E-state index in [2.05, 4.69) is 12.0 Å². The number of aromatic nitrogens is 2. The molecule has 0 aliphatic rings. The highest BCUT2D eigenvalue weighted by Crippen LogP contribution is 2.31. The lowest BCUT2D eigenvalue weighted by atomic mass is 10.1. The highest BCUT2D eigenvalue weighted by atomic mass is 16.3. The number of hydrogen-bond donors (Lipinski definition) is 1. The second-order valence-corrected chi connectivity index (χ2v) is 3.88. The summed E-state index contributed by atoms with van der Waals surface area (Å²) in [7, 11) is 1.86. The molecule has 0 unspecified atom stereocenters. The number of hydrogen-bond acceptors (Lipinski definition) is 2. The zero-order valence-electron chi connectivity index (χ0n) is 9.64. The van der Waals surface area contributed by atoms with Gasteiger partial charge in [0.15, 0.2) is 5.75 Å². The lowest BCUT2D eigenvalue weighted by molar-refractivity contribution is 0.469. The standard InChI is InChI=1S/C13H16N2O/c1-3-7-11-13(16)12(15(2)14-11)10-8-5-4-6-9-10/h4-6,8-9,16H,3,7H2,1-2H3. The van der Waals surface area contributed by atoms with Crippen molar-refractivity contribution in [2.24, 2.45) is 7.05 Å². The van der Waals surface area contributed by atoms with E-state index < -0.39 is 0 Å². The Morgan fingerprint density at radius 2 is 1.94 bits per heavy atom. The Hall–Kier alpha value is -1.77. The van der Waals surface area contributed by atoms with Crippen molar-refractivity contribution in [3.8, 4) is 17.0 Å². The van der Waals surface area contributed by atoms with Gasteiger partial charge in [-0.1, -0.05) is 43.7 Å². The molecule has 0 saturated carbocycles. The molecule has 1 aromatic heterocycles. The first-order valence-corrected chi connectivity index (χ1v) is 5.54. The first-order valence-electron chi connectivity index (χ1n) is 5.54. The van der Waals surface area contributed by atoms with E-state index in [-0.39, 0.29) is 0 Å². The van der Waals surface area contributed by atoms with Crippen LogP contribution in [-0.2, 0) is 13.5 Å². The van der Waals surface area contributed by atoms with Crippen LogP contribution in [0.25, 0.3) is 11.3 Å². The molecular formula is C13H16N2O. The normalized spacial score (nSPS) is 10.6. The maximum absolute atomic E-state index is 10.1. The molecule has 0 bridgehead atoms. The molecule has 0 aliphatic carbocycles. The minimum Gasteiger partial charge on any atom is -0.504 e. The van der Waals surface area contributed by atoms with Crippen LogP contribution in [0.2, 0.25) is 0 Å². The third kappa shape index (κ3) is 1.81. The quantitative estimate of drug-likeness (QED) is 0.856. The predicted octanol–water partition coefficient (Wildman–Crippen LogP) is 2.75. The molecule has 3 heteroatoms. The maximum atomic E-state index is 10.1. The molecule has 16 heavy (non-hydrogen) atoms. The molecule has 0 spiro atoms.